The van der Waals surface area contributed by atoms with Crippen molar-refractivity contribution < 1.29 is 23.7 Å². The highest BCUT2D eigenvalue weighted by Gasteiger charge is 2.15. The number of methoxy groups -OCH3 is 1. The highest BCUT2D eigenvalue weighted by atomic mass is 16.7. The summed E-state index contributed by atoms with van der Waals surface area (Å²) in [6.45, 7) is 2.82. The molecule has 1 aliphatic rings. The van der Waals surface area contributed by atoms with Crippen molar-refractivity contribution >= 4 is 12.1 Å². The van der Waals surface area contributed by atoms with E-state index in [9.17, 15) is 4.79 Å². The lowest BCUT2D eigenvalue weighted by Gasteiger charge is -2.10. The average Bonchev–Trinajstić information content (AvgIpc) is 3.14. The van der Waals surface area contributed by atoms with Crippen LogP contribution >= 0.6 is 0 Å². The molecule has 0 radical (unpaired) electrons. The van der Waals surface area contributed by atoms with Crippen LogP contribution < -0.4 is 24.4 Å². The first kappa shape index (κ1) is 17.6. The van der Waals surface area contributed by atoms with Crippen LogP contribution in [-0.4, -0.2) is 32.6 Å². The van der Waals surface area contributed by atoms with Crippen LogP contribution in [0.15, 0.2) is 41.5 Å². The van der Waals surface area contributed by atoms with E-state index in [1.54, 1.807) is 31.4 Å². The van der Waals surface area contributed by atoms with Gasteiger partial charge in [-0.15, -0.1) is 0 Å². The first-order chi connectivity index (χ1) is 12.7. The second-order valence-corrected chi connectivity index (χ2v) is 5.53. The molecule has 7 nitrogen and oxygen atoms in total. The summed E-state index contributed by atoms with van der Waals surface area (Å²) >= 11 is 0. The van der Waals surface area contributed by atoms with Gasteiger partial charge in [-0.2, -0.15) is 5.10 Å². The average molecular weight is 356 g/mol. The molecule has 0 unspecified atom stereocenters. The van der Waals surface area contributed by atoms with Crippen molar-refractivity contribution in [3.8, 4) is 23.0 Å². The lowest BCUT2D eigenvalue weighted by Crippen LogP contribution is -2.17. The van der Waals surface area contributed by atoms with Crippen LogP contribution in [-0.2, 0) is 0 Å². The third kappa shape index (κ3) is 4.05. The quantitative estimate of drug-likeness (QED) is 0.609. The molecule has 3 rings (SSSR count). The van der Waals surface area contributed by atoms with Gasteiger partial charge in [0.1, 0.15) is 0 Å². The molecule has 0 atom stereocenters. The van der Waals surface area contributed by atoms with Crippen molar-refractivity contribution in [3.05, 3.63) is 47.5 Å². The third-order valence-corrected chi connectivity index (χ3v) is 3.66. The number of fused-ring (bicyclic) bond motifs is 1. The predicted octanol–water partition coefficient (Wildman–Crippen LogP) is 2.98. The van der Waals surface area contributed by atoms with Crippen molar-refractivity contribution in [1.29, 1.82) is 0 Å². The van der Waals surface area contributed by atoms with Gasteiger partial charge < -0.3 is 18.9 Å². The van der Waals surface area contributed by atoms with Crippen LogP contribution in [0, 0.1) is 0 Å². The fourth-order valence-electron chi connectivity index (χ4n) is 2.36. The van der Waals surface area contributed by atoms with Crippen LogP contribution in [0.2, 0.25) is 0 Å². The second kappa shape index (κ2) is 8.24. The van der Waals surface area contributed by atoms with Gasteiger partial charge in [-0.1, -0.05) is 6.92 Å². The highest BCUT2D eigenvalue weighted by Crippen LogP contribution is 2.32. The van der Waals surface area contributed by atoms with Crippen LogP contribution in [0.5, 0.6) is 23.0 Å². The van der Waals surface area contributed by atoms with Crippen molar-refractivity contribution in [3.63, 3.8) is 0 Å². The zero-order valence-electron chi connectivity index (χ0n) is 14.7. The molecule has 0 fully saturated rings. The van der Waals surface area contributed by atoms with Gasteiger partial charge in [-0.25, -0.2) is 5.43 Å². The van der Waals surface area contributed by atoms with Crippen LogP contribution in [0.4, 0.5) is 0 Å². The van der Waals surface area contributed by atoms with Crippen molar-refractivity contribution in [2.45, 2.75) is 13.3 Å². The largest absolute Gasteiger partial charge is 0.493 e. The third-order valence-electron chi connectivity index (χ3n) is 3.66. The fourth-order valence-corrected chi connectivity index (χ4v) is 2.36. The molecule has 136 valence electrons. The summed E-state index contributed by atoms with van der Waals surface area (Å²) in [6.07, 6.45) is 2.45. The fraction of sp³-hybridized carbons (Fsp3) is 0.263. The van der Waals surface area contributed by atoms with Gasteiger partial charge in [0.2, 0.25) is 6.79 Å². The van der Waals surface area contributed by atoms with Crippen molar-refractivity contribution in [2.24, 2.45) is 5.10 Å². The number of hydrogen-bond donors (Lipinski definition) is 1. The Bertz CT molecular complexity index is 820. The van der Waals surface area contributed by atoms with Crippen molar-refractivity contribution in [2.75, 3.05) is 20.5 Å². The number of nitrogens with zero attached hydrogens (tertiary/aromatic N) is 1. The molecule has 7 heteroatoms. The lowest BCUT2D eigenvalue weighted by molar-refractivity contribution is 0.0954. The van der Waals surface area contributed by atoms with E-state index in [1.807, 2.05) is 19.1 Å². The van der Waals surface area contributed by atoms with Gasteiger partial charge >= 0.3 is 0 Å². The SMILES string of the molecule is CCCOc1ccc(/C=N\NC(=O)c2ccc3c(c2)OCO3)cc1OC. The first-order valence-electron chi connectivity index (χ1n) is 8.25. The molecule has 0 aromatic heterocycles. The summed E-state index contributed by atoms with van der Waals surface area (Å²) in [5.74, 6) is 2.13. The number of carbonyl (C=O) groups is 1. The zero-order valence-corrected chi connectivity index (χ0v) is 14.7. The molecule has 1 heterocycles. The maximum absolute atomic E-state index is 12.2. The maximum Gasteiger partial charge on any atom is 0.271 e. The van der Waals surface area contributed by atoms with E-state index in [2.05, 4.69) is 10.5 Å². The molecule has 2 aromatic rings. The molecule has 0 aliphatic carbocycles. The summed E-state index contributed by atoms with van der Waals surface area (Å²) in [4.78, 5) is 12.2. The van der Waals surface area contributed by atoms with Gasteiger partial charge in [0.25, 0.3) is 5.91 Å². The van der Waals surface area contributed by atoms with Crippen LogP contribution in [0.1, 0.15) is 29.3 Å². The Hall–Kier alpha value is -3.22. The van der Waals surface area contributed by atoms with Crippen molar-refractivity contribution in [1.82, 2.24) is 5.43 Å². The molecule has 26 heavy (non-hydrogen) atoms. The molecule has 0 saturated heterocycles. The predicted molar refractivity (Wildman–Crippen MR) is 96.4 cm³/mol. The smallest absolute Gasteiger partial charge is 0.271 e. The Morgan fingerprint density at radius 1 is 1.19 bits per heavy atom. The summed E-state index contributed by atoms with van der Waals surface area (Å²) in [5.41, 5.74) is 3.70. The number of ether oxygens (including phenoxy) is 4. The molecule has 2 aromatic carbocycles. The van der Waals surface area contributed by atoms with Crippen LogP contribution in [0.25, 0.3) is 0 Å². The number of hydrazone groups is 1. The Balaban J connectivity index is 1.63. The number of benzene rings is 2. The Labute approximate surface area is 151 Å². The van der Waals surface area contributed by atoms with Gasteiger partial charge in [0.15, 0.2) is 23.0 Å². The molecule has 0 saturated carbocycles. The van der Waals surface area contributed by atoms with E-state index in [0.29, 0.717) is 35.2 Å². The van der Waals surface area contributed by atoms with E-state index in [1.165, 1.54) is 6.21 Å². The summed E-state index contributed by atoms with van der Waals surface area (Å²) in [6, 6.07) is 10.4. The van der Waals surface area contributed by atoms with Crippen LogP contribution in [0.3, 0.4) is 0 Å². The maximum atomic E-state index is 12.2. The normalized spacial score (nSPS) is 12.2. The van der Waals surface area contributed by atoms with E-state index in [0.717, 1.165) is 12.0 Å². The molecule has 0 bridgehead atoms. The molecular weight excluding hydrogens is 336 g/mol. The number of nitrogens with one attached hydrogen (secondary N) is 1. The van der Waals surface area contributed by atoms with E-state index in [4.69, 9.17) is 18.9 Å². The van der Waals surface area contributed by atoms with Gasteiger partial charge in [-0.05, 0) is 48.4 Å². The van der Waals surface area contributed by atoms with Gasteiger partial charge in [0.05, 0.1) is 19.9 Å². The standard InChI is InChI=1S/C19H20N2O5/c1-3-8-24-15-6-4-13(9-17(15)23-2)11-20-21-19(22)14-5-7-16-18(10-14)26-12-25-16/h4-7,9-11H,3,8,12H2,1-2H3,(H,21,22)/b20-11-. The van der Waals surface area contributed by atoms with Gasteiger partial charge in [-0.3, -0.25) is 4.79 Å². The molecular formula is C19H20N2O5. The minimum atomic E-state index is -0.339. The lowest BCUT2D eigenvalue weighted by atomic mass is 10.2. The second-order valence-electron chi connectivity index (χ2n) is 5.53. The molecule has 0 spiro atoms. The number of hydrogen-bond acceptors (Lipinski definition) is 6. The summed E-state index contributed by atoms with van der Waals surface area (Å²) in [7, 11) is 1.58. The first-order valence-corrected chi connectivity index (χ1v) is 8.25. The number of amides is 1. The topological polar surface area (TPSA) is 78.4 Å². The molecule has 1 amide bonds. The van der Waals surface area contributed by atoms with E-state index in [-0.39, 0.29) is 12.7 Å². The minimum Gasteiger partial charge on any atom is -0.493 e. The summed E-state index contributed by atoms with van der Waals surface area (Å²) < 4.78 is 21.4. The number of rotatable bonds is 7. The Morgan fingerprint density at radius 3 is 2.85 bits per heavy atom. The Morgan fingerprint density at radius 2 is 2.04 bits per heavy atom. The van der Waals surface area contributed by atoms with Gasteiger partial charge in [0, 0.05) is 5.56 Å². The zero-order chi connectivity index (χ0) is 18.4. The van der Waals surface area contributed by atoms with E-state index < -0.39 is 0 Å². The number of carbonyl (C=O) groups excluding carboxylic acids is 1. The summed E-state index contributed by atoms with van der Waals surface area (Å²) in [5, 5.41) is 3.99. The highest BCUT2D eigenvalue weighted by molar-refractivity contribution is 5.95. The molecule has 1 aliphatic heterocycles. The minimum absolute atomic E-state index is 0.165. The molecule has 1 N–H and O–H groups in total. The van der Waals surface area contributed by atoms with E-state index >= 15 is 0 Å². The monoisotopic (exact) mass is 356 g/mol. The Kier molecular flexibility index (Phi) is 5.58.